The first-order valence-electron chi connectivity index (χ1n) is 40.8. The zero-order chi connectivity index (χ0) is 84.0. The predicted octanol–water partition coefficient (Wildman–Crippen LogP) is -10.4. The van der Waals surface area contributed by atoms with Gasteiger partial charge in [-0.15, -0.1) is 0 Å². The molecular weight excluding hydrogens is 1650 g/mol. The Kier molecular flexibility index (Phi) is 61.0. The van der Waals surface area contributed by atoms with E-state index in [0.29, 0.717) is 12.8 Å². The average molecular weight is 1780 g/mol. The van der Waals surface area contributed by atoms with Crippen molar-refractivity contribution in [1.82, 2.24) is 0 Å². The minimum Gasteiger partial charge on any atom is -0.756 e. The maximum Gasteiger partial charge on any atom is 1.00 e. The number of rotatable bonds is 61. The van der Waals surface area contributed by atoms with Crippen LogP contribution in [0.25, 0.3) is 0 Å². The summed E-state index contributed by atoms with van der Waals surface area (Å²) in [7, 11) is -16.5. The number of phosphoric ester groups is 3. The van der Waals surface area contributed by atoms with E-state index in [0.717, 1.165) is 64.2 Å². The first kappa shape index (κ1) is 115. The van der Waals surface area contributed by atoms with Crippen molar-refractivity contribution in [1.29, 1.82) is 0 Å². The van der Waals surface area contributed by atoms with Crippen molar-refractivity contribution in [3.63, 3.8) is 0 Å². The molecule has 674 valence electrons. The Morgan fingerprint density at radius 3 is 1.30 bits per heavy atom. The molecule has 0 radical (unpaired) electrons. The molecule has 0 aromatic carbocycles. The van der Waals surface area contributed by atoms with Crippen LogP contribution in [-0.4, -0.2) is 316 Å². The number of carbonyl (C=O) groups is 1. The van der Waals surface area contributed by atoms with Gasteiger partial charge in [0.25, 0.3) is 23.5 Å². The molecule has 4 saturated heterocycles. The number of hydrogen-bond acceptors (Lipinski definition) is 40. The van der Waals surface area contributed by atoms with E-state index in [-0.39, 0.29) is 121 Å². The molecule has 117 heavy (non-hydrogen) atoms. The standard InChI is InChI=1S/C71H138N3O37P3.3Na/c1-3-5-7-9-11-13-15-17-18-19-21-23-25-27-29-31-35-96-40-44(77)41-100-114(94,95)111-67-63(106-49(78)32-30-28-26-24-22-20-16-14-12-10-8-6-4-2)59(87)56(84)60(88)64(67)108-68-50(74)54(82)62(46(39-76)103-68)107-71-66(110-113(92,93)99-37-34-73)58(86)53(81)47(105-71)42-97-70-65(57(85)51(79)45(38-75)102-70)109-69-61(89)55(83)52(80)48(104-69)43-101-112(90,91)98-36-33-72;;;/h44-48,50-71,75-77,79-89H,3-43,72-74H2,1-2H3,(H,90,91)(H,92,93)(H,94,95);;;/q;3*+1/p-3/t44-,45-,46-,47-,48-,50-,51-,52-,53-,54-,55+,56-,57+,58+,59-,60+,61+,62-,63-,64-,65+,66+,67-,68-,69-,70+,71-;;;/m1.../s1. The van der Waals surface area contributed by atoms with E-state index in [4.69, 9.17) is 87.2 Å². The van der Waals surface area contributed by atoms with Crippen LogP contribution in [0.2, 0.25) is 0 Å². The number of hydrogen-bond donors (Lipinski definition) is 17. The third kappa shape index (κ3) is 40.3. The second-order valence-electron chi connectivity index (χ2n) is 29.9. The number of aliphatic hydroxyl groups is 14. The van der Waals surface area contributed by atoms with Gasteiger partial charge < -0.3 is 178 Å². The third-order valence-electron chi connectivity index (χ3n) is 20.6. The molecule has 46 heteroatoms. The van der Waals surface area contributed by atoms with E-state index in [2.05, 4.69) is 18.4 Å². The molecule has 0 aromatic rings. The number of esters is 1. The molecule has 5 aliphatic rings. The summed E-state index contributed by atoms with van der Waals surface area (Å²) in [6.45, 7) is -2.98. The summed E-state index contributed by atoms with van der Waals surface area (Å²) in [4.78, 5) is 53.1. The maximum atomic E-state index is 13.9. The van der Waals surface area contributed by atoms with E-state index >= 15 is 0 Å². The Hall–Kier alpha value is 1.76. The summed E-state index contributed by atoms with van der Waals surface area (Å²) in [5, 5.41) is 157. The van der Waals surface area contributed by atoms with E-state index in [1.807, 2.05) is 0 Å². The van der Waals surface area contributed by atoms with Gasteiger partial charge in [0.05, 0.1) is 58.9 Å². The summed E-state index contributed by atoms with van der Waals surface area (Å²) in [6.07, 6.45) is -25.1. The quantitative estimate of drug-likeness (QED) is 0.0116. The van der Waals surface area contributed by atoms with Gasteiger partial charge in [0.2, 0.25) is 0 Å². The summed E-state index contributed by atoms with van der Waals surface area (Å²) < 4.78 is 127. The van der Waals surface area contributed by atoms with Crippen molar-refractivity contribution in [3.05, 3.63) is 0 Å². The van der Waals surface area contributed by atoms with Crippen LogP contribution >= 0.6 is 23.5 Å². The smallest absolute Gasteiger partial charge is 0.756 e. The van der Waals surface area contributed by atoms with Gasteiger partial charge in [-0.05, 0) is 12.8 Å². The number of ether oxygens (including phenoxy) is 10. The fraction of sp³-hybridized carbons (Fsp3) is 0.986. The molecule has 30 atom stereocenters. The molecule has 5 fully saturated rings. The average Bonchev–Trinajstić information content (AvgIpc) is 0.683. The van der Waals surface area contributed by atoms with Gasteiger partial charge in [-0.25, -0.2) is 0 Å². The van der Waals surface area contributed by atoms with Crippen molar-refractivity contribution in [2.24, 2.45) is 17.2 Å². The Bertz CT molecular complexity index is 2730. The first-order chi connectivity index (χ1) is 54.4. The number of carbonyl (C=O) groups excluding carboxylic acids is 1. The predicted molar refractivity (Wildman–Crippen MR) is 394 cm³/mol. The van der Waals surface area contributed by atoms with Gasteiger partial charge >= 0.3 is 94.6 Å². The molecule has 0 bridgehead atoms. The van der Waals surface area contributed by atoms with Crippen LogP contribution in [0.3, 0.4) is 0 Å². The van der Waals surface area contributed by atoms with E-state index in [1.54, 1.807) is 0 Å². The molecule has 3 unspecified atom stereocenters. The minimum atomic E-state index is -5.81. The first-order valence-corrected chi connectivity index (χ1v) is 45.2. The number of unbranched alkanes of at least 4 members (excludes halogenated alkanes) is 27. The molecule has 4 aliphatic heterocycles. The fourth-order valence-electron chi connectivity index (χ4n) is 14.0. The second-order valence-corrected chi connectivity index (χ2v) is 34.1. The van der Waals surface area contributed by atoms with Gasteiger partial charge in [0, 0.05) is 26.1 Å². The Balaban J connectivity index is 0.0000155. The van der Waals surface area contributed by atoms with E-state index < -0.39 is 248 Å². The van der Waals surface area contributed by atoms with Crippen LogP contribution in [0, 0.1) is 0 Å². The van der Waals surface area contributed by atoms with Crippen LogP contribution in [-0.2, 0) is 93.0 Å². The number of nitrogens with two attached hydrogens (primary N) is 3. The van der Waals surface area contributed by atoms with Gasteiger partial charge in [-0.2, -0.15) is 0 Å². The molecule has 40 nitrogen and oxygen atoms in total. The topological polar surface area (TPSA) is 646 Å². The van der Waals surface area contributed by atoms with Crippen molar-refractivity contribution < 1.29 is 268 Å². The normalized spacial score (nSPS) is 33.9. The van der Waals surface area contributed by atoms with Gasteiger partial charge in [0.1, 0.15) is 128 Å². The maximum absolute atomic E-state index is 13.9. The van der Waals surface area contributed by atoms with Crippen LogP contribution in [0.5, 0.6) is 0 Å². The number of phosphoric acid groups is 3. The van der Waals surface area contributed by atoms with Gasteiger partial charge in [-0.1, -0.05) is 187 Å². The molecule has 5 rings (SSSR count). The summed E-state index contributed by atoms with van der Waals surface area (Å²) in [5.74, 6) is -1.01. The monoisotopic (exact) mass is 1780 g/mol. The van der Waals surface area contributed by atoms with Crippen molar-refractivity contribution in [2.45, 2.75) is 372 Å². The van der Waals surface area contributed by atoms with Crippen molar-refractivity contribution >= 4 is 29.4 Å². The fourth-order valence-corrected chi connectivity index (χ4v) is 16.6. The van der Waals surface area contributed by atoms with Crippen molar-refractivity contribution in [2.75, 3.05) is 72.6 Å². The van der Waals surface area contributed by atoms with E-state index in [9.17, 15) is 105 Å². The molecule has 1 saturated carbocycles. The largest absolute Gasteiger partial charge is 1.00 e. The second kappa shape index (κ2) is 62.1. The Morgan fingerprint density at radius 2 is 0.778 bits per heavy atom. The van der Waals surface area contributed by atoms with Gasteiger partial charge in [-0.3, -0.25) is 18.5 Å². The van der Waals surface area contributed by atoms with Gasteiger partial charge in [0.15, 0.2) is 31.3 Å². The van der Waals surface area contributed by atoms with Crippen LogP contribution in [0.4, 0.5) is 0 Å². The Morgan fingerprint density at radius 1 is 0.385 bits per heavy atom. The molecule has 20 N–H and O–H groups in total. The molecule has 0 amide bonds. The van der Waals surface area contributed by atoms with Crippen LogP contribution < -0.4 is 121 Å². The molecule has 0 aromatic heterocycles. The van der Waals surface area contributed by atoms with Crippen LogP contribution in [0.15, 0.2) is 0 Å². The van der Waals surface area contributed by atoms with Crippen LogP contribution in [0.1, 0.15) is 206 Å². The zero-order valence-corrected chi connectivity index (χ0v) is 77.5. The zero-order valence-electron chi connectivity index (χ0n) is 68.8. The third-order valence-corrected chi connectivity index (χ3v) is 23.6. The summed E-state index contributed by atoms with van der Waals surface area (Å²) >= 11 is 0. The molecule has 4 heterocycles. The van der Waals surface area contributed by atoms with E-state index in [1.165, 1.54) is 103 Å². The SMILES string of the molecule is CCCCCCCCCCCCCCCCCCOC[C@@H](O)COP(=O)([O-])O[C@@H]1[C@H](OC(=O)CCCCCCCCCCCCCCC)[C@H](O)[C@@H](O)[C@H](O)[C@H]1O[C@H]1O[C@H](CO)[C@@H](O[C@H]2O[C@H](CO[C@H]3O[C@H](CO)[C@@H](O)[C@H](O)[C@@H]3O[C@H]3O[C@H](COP(=O)([O-])OCCN)[C@@H](O)[C@H](O)[C@@H]3O)[C@@H](O)[C@H](O)[C@@H]2OP(=O)([O-])OCCN)[C@H](O)[C@H]1N.[Na+].[Na+].[Na+]. The Labute approximate surface area is 753 Å². The summed E-state index contributed by atoms with van der Waals surface area (Å²) in [5.41, 5.74) is 17.3. The molecule has 0 spiro atoms. The molecular formula is C71H135N3Na3O37P3. The summed E-state index contributed by atoms with van der Waals surface area (Å²) in [6, 6.07) is -2.03. The minimum absolute atomic E-state index is 0. The van der Waals surface area contributed by atoms with Crippen molar-refractivity contribution in [3.8, 4) is 0 Å². The number of aliphatic hydroxyl groups excluding tert-OH is 14. The molecule has 1 aliphatic carbocycles.